The van der Waals surface area contributed by atoms with E-state index in [1.54, 1.807) is 0 Å². The van der Waals surface area contributed by atoms with Gasteiger partial charge < -0.3 is 14.5 Å². The Kier molecular flexibility index (Phi) is 3.52. The van der Waals surface area contributed by atoms with Crippen LogP contribution in [0.1, 0.15) is 35.3 Å². The Balaban J connectivity index is 1.90. The smallest absolute Gasteiger partial charge is 0.193 e. The molecule has 0 N–H and O–H groups in total. The normalized spacial score (nSPS) is 25.1. The van der Waals surface area contributed by atoms with E-state index in [9.17, 15) is 0 Å². The highest BCUT2D eigenvalue weighted by molar-refractivity contribution is 5.58. The molecule has 2 aromatic rings. The lowest BCUT2D eigenvalue weighted by atomic mass is 9.98. The second-order valence-electron chi connectivity index (χ2n) is 6.87. The first-order valence-corrected chi connectivity index (χ1v) is 8.59. The van der Waals surface area contributed by atoms with Crippen molar-refractivity contribution in [3.63, 3.8) is 0 Å². The third kappa shape index (κ3) is 2.11. The van der Waals surface area contributed by atoms with Crippen molar-refractivity contribution < 1.29 is 4.74 Å². The number of aryl methyl sites for hydroxylation is 3. The van der Waals surface area contributed by atoms with Crippen molar-refractivity contribution in [2.45, 2.75) is 46.1 Å². The van der Waals surface area contributed by atoms with Crippen LogP contribution in [-0.4, -0.2) is 17.2 Å². The number of anilines is 1. The number of fused-ring (bicyclic) bond motifs is 1. The molecular formula is C21H24N2O. The van der Waals surface area contributed by atoms with Gasteiger partial charge in [0.05, 0.1) is 6.04 Å². The molecule has 2 aliphatic heterocycles. The van der Waals surface area contributed by atoms with Crippen LogP contribution in [0.4, 0.5) is 5.69 Å². The van der Waals surface area contributed by atoms with Crippen molar-refractivity contribution in [2.24, 2.45) is 0 Å². The largest absolute Gasteiger partial charge is 0.474 e. The second-order valence-corrected chi connectivity index (χ2v) is 6.87. The van der Waals surface area contributed by atoms with Crippen LogP contribution in [0.3, 0.4) is 0 Å². The lowest BCUT2D eigenvalue weighted by Crippen LogP contribution is -2.35. The molecule has 1 saturated heterocycles. The summed E-state index contributed by atoms with van der Waals surface area (Å²) in [7, 11) is 0. The van der Waals surface area contributed by atoms with Gasteiger partial charge in [0.1, 0.15) is 12.4 Å². The molecule has 0 amide bonds. The number of rotatable bonds is 2. The molecule has 1 fully saturated rings. The molecule has 24 heavy (non-hydrogen) atoms. The summed E-state index contributed by atoms with van der Waals surface area (Å²) >= 11 is 0. The SMILES string of the molecule is Cc1ccccc1N1C(c2c(C)cccc2C)N2C=COC2[C@@H]1C. The van der Waals surface area contributed by atoms with Gasteiger partial charge in [0.2, 0.25) is 0 Å². The van der Waals surface area contributed by atoms with Gasteiger partial charge in [0.15, 0.2) is 6.23 Å². The van der Waals surface area contributed by atoms with Gasteiger partial charge in [-0.05, 0) is 50.5 Å². The van der Waals surface area contributed by atoms with E-state index >= 15 is 0 Å². The highest BCUT2D eigenvalue weighted by atomic mass is 16.5. The maximum atomic E-state index is 5.92. The van der Waals surface area contributed by atoms with E-state index in [1.807, 2.05) is 6.26 Å². The maximum Gasteiger partial charge on any atom is 0.193 e. The summed E-state index contributed by atoms with van der Waals surface area (Å²) in [6, 6.07) is 15.4. The highest BCUT2D eigenvalue weighted by Crippen LogP contribution is 2.46. The lowest BCUT2D eigenvalue weighted by molar-refractivity contribution is 0.0658. The molecule has 2 aromatic carbocycles. The van der Waals surface area contributed by atoms with Crippen molar-refractivity contribution in [1.29, 1.82) is 0 Å². The first-order chi connectivity index (χ1) is 11.6. The summed E-state index contributed by atoms with van der Waals surface area (Å²) in [5.41, 5.74) is 6.61. The summed E-state index contributed by atoms with van der Waals surface area (Å²) in [5, 5.41) is 0. The third-order valence-electron chi connectivity index (χ3n) is 5.34. The number of hydrogen-bond acceptors (Lipinski definition) is 3. The molecule has 0 bridgehead atoms. The monoisotopic (exact) mass is 320 g/mol. The molecule has 124 valence electrons. The molecule has 3 nitrogen and oxygen atoms in total. The van der Waals surface area contributed by atoms with E-state index < -0.39 is 0 Å². The van der Waals surface area contributed by atoms with Crippen molar-refractivity contribution in [3.05, 3.63) is 77.2 Å². The first-order valence-electron chi connectivity index (χ1n) is 8.59. The van der Waals surface area contributed by atoms with E-state index in [0.29, 0.717) is 0 Å². The van der Waals surface area contributed by atoms with Crippen molar-refractivity contribution in [1.82, 2.24) is 4.90 Å². The zero-order valence-electron chi connectivity index (χ0n) is 14.7. The zero-order valence-corrected chi connectivity index (χ0v) is 14.7. The average molecular weight is 320 g/mol. The summed E-state index contributed by atoms with van der Waals surface area (Å²) in [6.45, 7) is 8.85. The molecule has 0 aromatic heterocycles. The molecule has 2 aliphatic rings. The minimum Gasteiger partial charge on any atom is -0.474 e. The van der Waals surface area contributed by atoms with Crippen molar-refractivity contribution in [2.75, 3.05) is 4.90 Å². The molecule has 0 radical (unpaired) electrons. The van der Waals surface area contributed by atoms with Crippen LogP contribution in [-0.2, 0) is 4.74 Å². The predicted octanol–water partition coefficient (Wildman–Crippen LogP) is 4.65. The van der Waals surface area contributed by atoms with Crippen LogP contribution in [0.15, 0.2) is 54.9 Å². The second kappa shape index (κ2) is 5.59. The fraction of sp³-hybridized carbons (Fsp3) is 0.333. The van der Waals surface area contributed by atoms with Crippen LogP contribution in [0, 0.1) is 20.8 Å². The number of ether oxygens (including phenoxy) is 1. The van der Waals surface area contributed by atoms with Crippen LogP contribution in [0.25, 0.3) is 0 Å². The Morgan fingerprint density at radius 2 is 1.54 bits per heavy atom. The quantitative estimate of drug-likeness (QED) is 0.801. The lowest BCUT2D eigenvalue weighted by Gasteiger charge is -2.34. The van der Waals surface area contributed by atoms with Crippen LogP contribution in [0.5, 0.6) is 0 Å². The van der Waals surface area contributed by atoms with E-state index in [0.717, 1.165) is 0 Å². The standard InChI is InChI=1S/C21H24N2O/c1-14-8-5-6-11-18(14)23-17(4)21-22(12-13-24-21)20(23)19-15(2)9-7-10-16(19)3/h5-13,17,20-21H,1-4H3/t17-,20?,21?/m0/s1. The number of para-hydroxylation sites is 1. The van der Waals surface area contributed by atoms with Gasteiger partial charge in [-0.2, -0.15) is 0 Å². The number of hydrogen-bond donors (Lipinski definition) is 0. The molecule has 3 atom stereocenters. The van der Waals surface area contributed by atoms with Gasteiger partial charge in [0, 0.05) is 17.5 Å². The van der Waals surface area contributed by atoms with E-state index in [1.165, 1.54) is 27.9 Å². The topological polar surface area (TPSA) is 15.7 Å². The van der Waals surface area contributed by atoms with Gasteiger partial charge in [-0.25, -0.2) is 0 Å². The molecule has 0 spiro atoms. The Bertz CT molecular complexity index is 778. The number of nitrogens with zero attached hydrogens (tertiary/aromatic N) is 2. The summed E-state index contributed by atoms with van der Waals surface area (Å²) < 4.78 is 5.92. The number of benzene rings is 2. The summed E-state index contributed by atoms with van der Waals surface area (Å²) in [4.78, 5) is 4.87. The fourth-order valence-corrected chi connectivity index (χ4v) is 4.16. The van der Waals surface area contributed by atoms with Crippen LogP contribution in [0.2, 0.25) is 0 Å². The van der Waals surface area contributed by atoms with Gasteiger partial charge in [-0.3, -0.25) is 0 Å². The third-order valence-corrected chi connectivity index (χ3v) is 5.34. The minimum absolute atomic E-state index is 0.0635. The molecule has 0 aliphatic carbocycles. The minimum atomic E-state index is 0.0635. The maximum absolute atomic E-state index is 5.92. The first kappa shape index (κ1) is 15.1. The van der Waals surface area contributed by atoms with E-state index in [4.69, 9.17) is 4.74 Å². The fourth-order valence-electron chi connectivity index (χ4n) is 4.16. The molecule has 2 heterocycles. The Labute approximate surface area is 144 Å². The molecular weight excluding hydrogens is 296 g/mol. The summed E-state index contributed by atoms with van der Waals surface area (Å²) in [5.74, 6) is 0. The predicted molar refractivity (Wildman–Crippen MR) is 97.6 cm³/mol. The zero-order chi connectivity index (χ0) is 16.8. The van der Waals surface area contributed by atoms with E-state index in [2.05, 4.69) is 86.2 Å². The van der Waals surface area contributed by atoms with Crippen LogP contribution < -0.4 is 4.90 Å². The van der Waals surface area contributed by atoms with E-state index in [-0.39, 0.29) is 18.4 Å². The van der Waals surface area contributed by atoms with Gasteiger partial charge in [-0.1, -0.05) is 36.4 Å². The van der Waals surface area contributed by atoms with Crippen molar-refractivity contribution in [3.8, 4) is 0 Å². The van der Waals surface area contributed by atoms with Gasteiger partial charge in [-0.15, -0.1) is 0 Å². The Morgan fingerprint density at radius 1 is 0.875 bits per heavy atom. The Morgan fingerprint density at radius 3 is 2.25 bits per heavy atom. The van der Waals surface area contributed by atoms with Crippen molar-refractivity contribution >= 4 is 5.69 Å². The van der Waals surface area contributed by atoms with Gasteiger partial charge in [0.25, 0.3) is 0 Å². The molecule has 4 rings (SSSR count). The average Bonchev–Trinajstić information content (AvgIpc) is 3.12. The molecule has 2 unspecified atom stereocenters. The highest BCUT2D eigenvalue weighted by Gasteiger charge is 2.48. The summed E-state index contributed by atoms with van der Waals surface area (Å²) in [6.07, 6.45) is 4.15. The van der Waals surface area contributed by atoms with Crippen LogP contribution >= 0.6 is 0 Å². The molecule has 3 heteroatoms. The Hall–Kier alpha value is -2.42. The van der Waals surface area contributed by atoms with Gasteiger partial charge >= 0.3 is 0 Å². The molecule has 0 saturated carbocycles.